The van der Waals surface area contributed by atoms with Crippen LogP contribution in [0.2, 0.25) is 4.34 Å². The highest BCUT2D eigenvalue weighted by Crippen LogP contribution is 2.26. The van der Waals surface area contributed by atoms with Gasteiger partial charge in [0.15, 0.2) is 5.78 Å². The van der Waals surface area contributed by atoms with Gasteiger partial charge < -0.3 is 0 Å². The maximum absolute atomic E-state index is 11.9. The van der Waals surface area contributed by atoms with E-state index in [-0.39, 0.29) is 11.5 Å². The predicted molar refractivity (Wildman–Crippen MR) is 73.5 cm³/mol. The summed E-state index contributed by atoms with van der Waals surface area (Å²) in [5, 5.41) is 0. The second kappa shape index (κ2) is 6.12. The fourth-order valence-electron chi connectivity index (χ4n) is 2.18. The summed E-state index contributed by atoms with van der Waals surface area (Å²) in [4.78, 5) is 12.4. The quantitative estimate of drug-likeness (QED) is 0.778. The van der Waals surface area contributed by atoms with Crippen LogP contribution in [0.3, 0.4) is 0 Å². The van der Waals surface area contributed by atoms with Crippen LogP contribution in [0, 0.1) is 5.92 Å². The summed E-state index contributed by atoms with van der Waals surface area (Å²) in [7, 11) is -1.02. The van der Waals surface area contributed by atoms with Gasteiger partial charge in [0.25, 0.3) is 0 Å². The number of thiophene rings is 1. The summed E-state index contributed by atoms with van der Waals surface area (Å²) in [6, 6.07) is 3.42. The molecule has 1 aliphatic carbocycles. The first-order valence-corrected chi connectivity index (χ1v) is 8.47. The van der Waals surface area contributed by atoms with Gasteiger partial charge in [0.1, 0.15) is 0 Å². The molecule has 1 aromatic rings. The van der Waals surface area contributed by atoms with Gasteiger partial charge in [-0.15, -0.1) is 11.3 Å². The van der Waals surface area contributed by atoms with Crippen molar-refractivity contribution in [3.63, 3.8) is 0 Å². The van der Waals surface area contributed by atoms with E-state index < -0.39 is 10.8 Å². The first kappa shape index (κ1) is 13.2. The molecule has 17 heavy (non-hydrogen) atoms. The number of carbonyl (C=O) groups is 1. The third-order valence-corrected chi connectivity index (χ3v) is 5.74. The molecule has 1 unspecified atom stereocenters. The normalized spacial score (nSPS) is 18.4. The average molecular weight is 291 g/mol. The van der Waals surface area contributed by atoms with Gasteiger partial charge in [0.05, 0.1) is 15.0 Å². The van der Waals surface area contributed by atoms with E-state index in [9.17, 15) is 9.00 Å². The van der Waals surface area contributed by atoms with E-state index >= 15 is 0 Å². The fraction of sp³-hybridized carbons (Fsp3) is 0.583. The summed E-state index contributed by atoms with van der Waals surface area (Å²) in [5.41, 5.74) is 0. The van der Waals surface area contributed by atoms with Gasteiger partial charge in [-0.1, -0.05) is 24.4 Å². The Bertz CT molecular complexity index is 422. The van der Waals surface area contributed by atoms with Crippen molar-refractivity contribution in [1.82, 2.24) is 0 Å². The van der Waals surface area contributed by atoms with E-state index in [0.717, 1.165) is 0 Å². The van der Waals surface area contributed by atoms with Crippen molar-refractivity contribution in [2.45, 2.75) is 25.7 Å². The van der Waals surface area contributed by atoms with Crippen molar-refractivity contribution >= 4 is 39.5 Å². The second-order valence-electron chi connectivity index (χ2n) is 4.43. The third-order valence-electron chi connectivity index (χ3n) is 3.04. The molecular weight excluding hydrogens is 276 g/mol. The zero-order valence-electron chi connectivity index (χ0n) is 9.49. The Kier molecular flexibility index (Phi) is 4.77. The highest BCUT2D eigenvalue weighted by molar-refractivity contribution is 7.85. The number of hydrogen-bond donors (Lipinski definition) is 0. The second-order valence-corrected chi connectivity index (χ2v) is 7.64. The van der Waals surface area contributed by atoms with Crippen molar-refractivity contribution in [2.75, 3.05) is 11.5 Å². The number of carbonyl (C=O) groups excluding carboxylic acids is 1. The molecular formula is C12H15ClO2S2. The number of ketones is 1. The maximum atomic E-state index is 11.9. The van der Waals surface area contributed by atoms with Gasteiger partial charge in [-0.05, 0) is 30.9 Å². The van der Waals surface area contributed by atoms with Crippen LogP contribution in [0.4, 0.5) is 0 Å². The molecule has 0 saturated heterocycles. The minimum absolute atomic E-state index is 0.0433. The molecule has 0 N–H and O–H groups in total. The zero-order chi connectivity index (χ0) is 12.3. The number of Topliss-reactive ketones (excluding diaryl/α,β-unsaturated/α-hetero) is 1. The third kappa shape index (κ3) is 3.90. The monoisotopic (exact) mass is 290 g/mol. The smallest absolute Gasteiger partial charge is 0.185 e. The number of hydrogen-bond acceptors (Lipinski definition) is 3. The van der Waals surface area contributed by atoms with Crippen LogP contribution in [0.15, 0.2) is 12.1 Å². The summed E-state index contributed by atoms with van der Waals surface area (Å²) in [6.45, 7) is 0. The molecule has 2 nitrogen and oxygen atoms in total. The lowest BCUT2D eigenvalue weighted by Gasteiger charge is -2.07. The van der Waals surface area contributed by atoms with Gasteiger partial charge in [-0.25, -0.2) is 0 Å². The minimum Gasteiger partial charge on any atom is -0.292 e. The summed E-state index contributed by atoms with van der Waals surface area (Å²) in [6.07, 6.45) is 4.84. The summed E-state index contributed by atoms with van der Waals surface area (Å²) in [5.74, 6) is 1.35. The van der Waals surface area contributed by atoms with Crippen LogP contribution in [0.5, 0.6) is 0 Å². The molecule has 1 atom stereocenters. The first-order chi connectivity index (χ1) is 8.15. The molecule has 1 fully saturated rings. The highest BCUT2D eigenvalue weighted by atomic mass is 35.5. The molecule has 0 aromatic carbocycles. The van der Waals surface area contributed by atoms with E-state index in [1.165, 1.54) is 37.0 Å². The Morgan fingerprint density at radius 1 is 1.41 bits per heavy atom. The lowest BCUT2D eigenvalue weighted by atomic mass is 10.1. The average Bonchev–Trinajstić information content (AvgIpc) is 2.89. The van der Waals surface area contributed by atoms with Crippen LogP contribution >= 0.6 is 22.9 Å². The van der Waals surface area contributed by atoms with Crippen LogP contribution in [0.1, 0.15) is 35.4 Å². The van der Waals surface area contributed by atoms with Gasteiger partial charge in [0, 0.05) is 16.6 Å². The van der Waals surface area contributed by atoms with E-state index in [0.29, 0.717) is 20.9 Å². The topological polar surface area (TPSA) is 34.1 Å². The number of halogens is 1. The van der Waals surface area contributed by atoms with E-state index in [4.69, 9.17) is 11.6 Å². The number of rotatable bonds is 5. The molecule has 1 aliphatic rings. The van der Waals surface area contributed by atoms with Crippen LogP contribution in [-0.2, 0) is 10.8 Å². The molecule has 0 aliphatic heterocycles. The van der Waals surface area contributed by atoms with Gasteiger partial charge in [0.2, 0.25) is 0 Å². The molecule has 5 heteroatoms. The predicted octanol–water partition coefficient (Wildman–Crippen LogP) is 3.52. The van der Waals surface area contributed by atoms with Crippen molar-refractivity contribution in [2.24, 2.45) is 5.92 Å². The van der Waals surface area contributed by atoms with E-state index in [2.05, 4.69) is 0 Å². The fourth-order valence-corrected chi connectivity index (χ4v) is 4.68. The first-order valence-electron chi connectivity index (χ1n) is 5.78. The maximum Gasteiger partial charge on any atom is 0.185 e. The van der Waals surface area contributed by atoms with Crippen molar-refractivity contribution in [3.05, 3.63) is 21.3 Å². The SMILES string of the molecule is O=C(CS(=O)CC1CCCC1)c1ccc(Cl)s1. The lowest BCUT2D eigenvalue weighted by Crippen LogP contribution is -2.16. The Balaban J connectivity index is 1.83. The standard InChI is InChI=1S/C12H15ClO2S2/c13-12-6-5-11(16-12)10(14)8-17(15)7-9-3-1-2-4-9/h5-6,9H,1-4,7-8H2. The Hall–Kier alpha value is -0.190. The summed E-state index contributed by atoms with van der Waals surface area (Å²) >= 11 is 7.03. The molecule has 0 radical (unpaired) electrons. The van der Waals surface area contributed by atoms with Crippen molar-refractivity contribution in [3.8, 4) is 0 Å². The largest absolute Gasteiger partial charge is 0.292 e. The molecule has 0 bridgehead atoms. The molecule has 1 saturated carbocycles. The van der Waals surface area contributed by atoms with Gasteiger partial charge >= 0.3 is 0 Å². The van der Waals surface area contributed by atoms with Gasteiger partial charge in [-0.3, -0.25) is 9.00 Å². The van der Waals surface area contributed by atoms with Crippen molar-refractivity contribution < 1.29 is 9.00 Å². The zero-order valence-corrected chi connectivity index (χ0v) is 11.9. The Morgan fingerprint density at radius 2 is 2.12 bits per heavy atom. The van der Waals surface area contributed by atoms with Gasteiger partial charge in [-0.2, -0.15) is 0 Å². The molecule has 1 aromatic heterocycles. The van der Waals surface area contributed by atoms with Crippen LogP contribution in [-0.4, -0.2) is 21.5 Å². The van der Waals surface area contributed by atoms with E-state index in [1.54, 1.807) is 12.1 Å². The van der Waals surface area contributed by atoms with Crippen LogP contribution in [0.25, 0.3) is 0 Å². The molecule has 0 amide bonds. The lowest BCUT2D eigenvalue weighted by molar-refractivity contribution is 0.102. The molecule has 2 rings (SSSR count). The molecule has 1 heterocycles. The van der Waals surface area contributed by atoms with Crippen molar-refractivity contribution in [1.29, 1.82) is 0 Å². The Morgan fingerprint density at radius 3 is 2.71 bits per heavy atom. The van der Waals surface area contributed by atoms with Crippen LogP contribution < -0.4 is 0 Å². The Labute approximate surface area is 113 Å². The molecule has 0 spiro atoms. The van der Waals surface area contributed by atoms with E-state index in [1.807, 2.05) is 0 Å². The summed E-state index contributed by atoms with van der Waals surface area (Å²) < 4.78 is 12.5. The highest BCUT2D eigenvalue weighted by Gasteiger charge is 2.20. The molecule has 94 valence electrons. The minimum atomic E-state index is -1.02.